The van der Waals surface area contributed by atoms with Gasteiger partial charge in [-0.2, -0.15) is 0 Å². The third-order valence-corrected chi connectivity index (χ3v) is 3.38. The van der Waals surface area contributed by atoms with Crippen LogP contribution in [0.2, 0.25) is 0 Å². The lowest BCUT2D eigenvalue weighted by atomic mass is 10.1. The molecule has 0 saturated carbocycles. The first-order chi connectivity index (χ1) is 12.5. The lowest BCUT2D eigenvalue weighted by Crippen LogP contribution is -2.43. The number of amides is 1. The first-order valence-electron chi connectivity index (χ1n) is 8.39. The second kappa shape index (κ2) is 7.94. The monoisotopic (exact) mass is 372 g/mol. The summed E-state index contributed by atoms with van der Waals surface area (Å²) in [5.74, 6) is -0.312. The smallest absolute Gasteiger partial charge is 0.408 e. The van der Waals surface area contributed by atoms with Gasteiger partial charge in [-0.3, -0.25) is 0 Å². The van der Waals surface area contributed by atoms with E-state index in [-0.39, 0.29) is 5.96 Å². The van der Waals surface area contributed by atoms with Crippen molar-refractivity contribution < 1.29 is 19.1 Å². The second-order valence-corrected chi connectivity index (χ2v) is 6.99. The molecule has 0 aliphatic rings. The molecule has 0 aliphatic heterocycles. The Labute approximate surface area is 157 Å². The van der Waals surface area contributed by atoms with E-state index in [1.54, 1.807) is 51.1 Å². The van der Waals surface area contributed by atoms with Crippen molar-refractivity contribution in [2.75, 3.05) is 0 Å². The Hall–Kier alpha value is -3.29. The molecule has 2 aromatic carbocycles. The number of rotatable bonds is 4. The molecule has 0 saturated heterocycles. The minimum absolute atomic E-state index is 0.0416. The van der Waals surface area contributed by atoms with Gasteiger partial charge in [-0.05, 0) is 57.3 Å². The van der Waals surface area contributed by atoms with Gasteiger partial charge in [0.15, 0.2) is 5.96 Å². The molecule has 8 heteroatoms. The summed E-state index contributed by atoms with van der Waals surface area (Å²) in [6, 6.07) is 9.63. The van der Waals surface area contributed by atoms with Gasteiger partial charge in [0, 0.05) is 5.39 Å². The fraction of sp³-hybridized carbons (Fsp3) is 0.316. The summed E-state index contributed by atoms with van der Waals surface area (Å²) in [6.45, 7) is 6.73. The number of hydrogen-bond acceptors (Lipinski definition) is 5. The van der Waals surface area contributed by atoms with Crippen molar-refractivity contribution in [1.29, 1.82) is 0 Å². The second-order valence-electron chi connectivity index (χ2n) is 6.99. The van der Waals surface area contributed by atoms with Crippen LogP contribution < -0.4 is 21.5 Å². The van der Waals surface area contributed by atoms with E-state index < -0.39 is 23.7 Å². The molecule has 0 spiro atoms. The summed E-state index contributed by atoms with van der Waals surface area (Å²) in [5, 5.41) is 4.06. The van der Waals surface area contributed by atoms with Gasteiger partial charge in [-0.15, -0.1) is 0 Å². The summed E-state index contributed by atoms with van der Waals surface area (Å²) < 4.78 is 10.5. The summed E-state index contributed by atoms with van der Waals surface area (Å²) in [5.41, 5.74) is 10.8. The third kappa shape index (κ3) is 5.88. The Morgan fingerprint density at radius 3 is 2.48 bits per heavy atom. The third-order valence-electron chi connectivity index (χ3n) is 3.38. The molecule has 2 aromatic rings. The standard InChI is InChI=1S/C19H24N4O4/c1-11(22-18(25)27-19(2,3)4)16(24)26-13-8-9-14-12(10-13)6-5-7-15(14)23-17(20)21/h5-11H,1-4H3,(H,22,25)(H4,20,21,23)/t11-/m1/s1. The van der Waals surface area contributed by atoms with Crippen molar-refractivity contribution in [3.8, 4) is 5.75 Å². The Morgan fingerprint density at radius 2 is 1.85 bits per heavy atom. The Kier molecular flexibility index (Phi) is 5.89. The highest BCUT2D eigenvalue weighted by Crippen LogP contribution is 2.29. The maximum atomic E-state index is 12.2. The van der Waals surface area contributed by atoms with E-state index in [0.717, 1.165) is 10.8 Å². The van der Waals surface area contributed by atoms with Gasteiger partial charge in [-0.1, -0.05) is 12.1 Å². The highest BCUT2D eigenvalue weighted by atomic mass is 16.6. The van der Waals surface area contributed by atoms with Gasteiger partial charge < -0.3 is 26.3 Å². The maximum absolute atomic E-state index is 12.2. The molecule has 5 N–H and O–H groups in total. The van der Waals surface area contributed by atoms with Crippen LogP contribution >= 0.6 is 0 Å². The Morgan fingerprint density at radius 1 is 1.15 bits per heavy atom. The number of alkyl carbamates (subject to hydrolysis) is 1. The minimum atomic E-state index is -0.872. The molecule has 0 aromatic heterocycles. The predicted molar refractivity (Wildman–Crippen MR) is 104 cm³/mol. The van der Waals surface area contributed by atoms with Crippen LogP contribution in [0, 0.1) is 0 Å². The number of aliphatic imine (C=N–C) groups is 1. The number of benzene rings is 2. The molecule has 8 nitrogen and oxygen atoms in total. The lowest BCUT2D eigenvalue weighted by molar-refractivity contribution is -0.136. The van der Waals surface area contributed by atoms with Crippen molar-refractivity contribution in [2.24, 2.45) is 16.5 Å². The van der Waals surface area contributed by atoms with Crippen LogP contribution in [0.3, 0.4) is 0 Å². The normalized spacial score (nSPS) is 12.1. The quantitative estimate of drug-likeness (QED) is 0.327. The van der Waals surface area contributed by atoms with Gasteiger partial charge in [0.1, 0.15) is 17.4 Å². The van der Waals surface area contributed by atoms with E-state index in [1.807, 2.05) is 6.07 Å². The number of carbonyl (C=O) groups is 2. The van der Waals surface area contributed by atoms with E-state index in [1.165, 1.54) is 6.92 Å². The predicted octanol–water partition coefficient (Wildman–Crippen LogP) is 2.56. The number of esters is 1. The number of carbonyl (C=O) groups excluding carboxylic acids is 2. The first-order valence-corrected chi connectivity index (χ1v) is 8.39. The SMILES string of the molecule is C[C@@H](NC(=O)OC(C)(C)C)C(=O)Oc1ccc2c(N=C(N)N)cccc2c1. The van der Waals surface area contributed by atoms with Gasteiger partial charge in [-0.25, -0.2) is 14.6 Å². The number of fused-ring (bicyclic) bond motifs is 1. The van der Waals surface area contributed by atoms with Crippen LogP contribution in [0.15, 0.2) is 41.4 Å². The van der Waals surface area contributed by atoms with Crippen LogP contribution in [0.1, 0.15) is 27.7 Å². The fourth-order valence-corrected chi connectivity index (χ4v) is 2.29. The summed E-state index contributed by atoms with van der Waals surface area (Å²) in [6.07, 6.45) is -0.688. The largest absolute Gasteiger partial charge is 0.444 e. The zero-order valence-corrected chi connectivity index (χ0v) is 15.8. The highest BCUT2D eigenvalue weighted by Gasteiger charge is 2.22. The first kappa shape index (κ1) is 20.0. The Bertz CT molecular complexity index is 883. The van der Waals surface area contributed by atoms with Crippen molar-refractivity contribution in [1.82, 2.24) is 5.32 Å². The zero-order valence-electron chi connectivity index (χ0n) is 15.8. The number of hydrogen-bond donors (Lipinski definition) is 3. The van der Waals surface area contributed by atoms with Gasteiger partial charge in [0.2, 0.25) is 0 Å². The average Bonchev–Trinajstić information content (AvgIpc) is 2.52. The fourth-order valence-electron chi connectivity index (χ4n) is 2.29. The van der Waals surface area contributed by atoms with E-state index >= 15 is 0 Å². The topological polar surface area (TPSA) is 129 Å². The molecule has 144 valence electrons. The molecular formula is C19H24N4O4. The maximum Gasteiger partial charge on any atom is 0.408 e. The van der Waals surface area contributed by atoms with Crippen molar-refractivity contribution in [3.05, 3.63) is 36.4 Å². The molecule has 27 heavy (non-hydrogen) atoms. The number of ether oxygens (including phenoxy) is 2. The van der Waals surface area contributed by atoms with Crippen molar-refractivity contribution in [3.63, 3.8) is 0 Å². The molecule has 0 radical (unpaired) electrons. The van der Waals surface area contributed by atoms with Crippen LogP contribution in [0.4, 0.5) is 10.5 Å². The summed E-state index contributed by atoms with van der Waals surface area (Å²) in [7, 11) is 0. The molecule has 0 fully saturated rings. The van der Waals surface area contributed by atoms with Crippen LogP contribution in [-0.2, 0) is 9.53 Å². The molecule has 0 aliphatic carbocycles. The summed E-state index contributed by atoms with van der Waals surface area (Å²) in [4.78, 5) is 28.0. The van der Waals surface area contributed by atoms with E-state index in [0.29, 0.717) is 11.4 Å². The van der Waals surface area contributed by atoms with Crippen LogP contribution in [0.5, 0.6) is 5.75 Å². The van der Waals surface area contributed by atoms with E-state index in [2.05, 4.69) is 10.3 Å². The zero-order chi connectivity index (χ0) is 20.2. The summed E-state index contributed by atoms with van der Waals surface area (Å²) >= 11 is 0. The van der Waals surface area contributed by atoms with E-state index in [9.17, 15) is 9.59 Å². The van der Waals surface area contributed by atoms with Crippen LogP contribution in [-0.4, -0.2) is 29.7 Å². The molecule has 2 rings (SSSR count). The molecule has 0 bridgehead atoms. The number of nitrogens with one attached hydrogen (secondary N) is 1. The van der Waals surface area contributed by atoms with Gasteiger partial charge in [0.25, 0.3) is 0 Å². The Balaban J connectivity index is 2.10. The lowest BCUT2D eigenvalue weighted by Gasteiger charge is -2.21. The average molecular weight is 372 g/mol. The van der Waals surface area contributed by atoms with Crippen molar-refractivity contribution in [2.45, 2.75) is 39.3 Å². The number of nitrogens with zero attached hydrogens (tertiary/aromatic N) is 1. The van der Waals surface area contributed by atoms with Crippen molar-refractivity contribution >= 4 is 34.5 Å². The number of nitrogens with two attached hydrogens (primary N) is 2. The molecular weight excluding hydrogens is 348 g/mol. The van der Waals surface area contributed by atoms with Gasteiger partial charge in [0.05, 0.1) is 5.69 Å². The molecule has 1 atom stereocenters. The van der Waals surface area contributed by atoms with Crippen LogP contribution in [0.25, 0.3) is 10.8 Å². The van der Waals surface area contributed by atoms with Gasteiger partial charge >= 0.3 is 12.1 Å². The number of guanidine groups is 1. The van der Waals surface area contributed by atoms with E-state index in [4.69, 9.17) is 20.9 Å². The molecule has 1 amide bonds. The molecule has 0 unspecified atom stereocenters. The molecule has 0 heterocycles. The highest BCUT2D eigenvalue weighted by molar-refractivity contribution is 5.96. The minimum Gasteiger partial charge on any atom is -0.444 e.